The maximum Gasteiger partial charge on any atom is 0.00698 e. The Balaban J connectivity index is 1.99. The van der Waals surface area contributed by atoms with E-state index in [-0.39, 0.29) is 0 Å². The molecular weight excluding hydrogens is 242 g/mol. The van der Waals surface area contributed by atoms with Crippen LogP contribution in [0.3, 0.4) is 0 Å². The molecule has 1 aromatic rings. The van der Waals surface area contributed by atoms with Crippen LogP contribution in [0.5, 0.6) is 0 Å². The van der Waals surface area contributed by atoms with Crippen LogP contribution in [0, 0.1) is 26.7 Å². The lowest BCUT2D eigenvalue weighted by molar-refractivity contribution is 0.284. The second-order valence-electron chi connectivity index (χ2n) is 6.77. The van der Waals surface area contributed by atoms with Crippen molar-refractivity contribution in [3.63, 3.8) is 0 Å². The van der Waals surface area contributed by atoms with Crippen molar-refractivity contribution < 1.29 is 0 Å². The smallest absolute Gasteiger partial charge is 0.00698 e. The normalized spacial score (nSPS) is 23.0. The summed E-state index contributed by atoms with van der Waals surface area (Å²) in [6.07, 6.45) is 8.09. The van der Waals surface area contributed by atoms with Gasteiger partial charge >= 0.3 is 0 Å². The molecule has 2 rings (SSSR count). The predicted molar refractivity (Wildman–Crippen MR) is 88.4 cm³/mol. The van der Waals surface area contributed by atoms with Gasteiger partial charge in [-0.2, -0.15) is 0 Å². The van der Waals surface area contributed by atoms with E-state index in [0.29, 0.717) is 0 Å². The van der Waals surface area contributed by atoms with Gasteiger partial charge in [0, 0.05) is 6.04 Å². The molecule has 0 radical (unpaired) electrons. The monoisotopic (exact) mass is 273 g/mol. The van der Waals surface area contributed by atoms with Crippen LogP contribution in [0.15, 0.2) is 12.1 Å². The van der Waals surface area contributed by atoms with Gasteiger partial charge in [0.1, 0.15) is 0 Å². The Morgan fingerprint density at radius 3 is 2.45 bits per heavy atom. The maximum absolute atomic E-state index is 3.73. The molecule has 0 aromatic heterocycles. The average Bonchev–Trinajstić information content (AvgIpc) is 2.41. The number of hydrogen-bond donors (Lipinski definition) is 1. The van der Waals surface area contributed by atoms with Gasteiger partial charge in [-0.15, -0.1) is 0 Å². The van der Waals surface area contributed by atoms with Crippen LogP contribution in [0.1, 0.15) is 61.3 Å². The lowest BCUT2D eigenvalue weighted by Gasteiger charge is -2.30. The maximum atomic E-state index is 3.73. The van der Waals surface area contributed by atoms with Crippen molar-refractivity contribution in [1.29, 1.82) is 0 Å². The van der Waals surface area contributed by atoms with Gasteiger partial charge in [0.15, 0.2) is 0 Å². The minimum atomic E-state index is 0.764. The Labute approximate surface area is 125 Å². The van der Waals surface area contributed by atoms with Crippen molar-refractivity contribution in [3.8, 4) is 0 Å². The first kappa shape index (κ1) is 15.6. The van der Waals surface area contributed by atoms with Crippen LogP contribution in [0.25, 0.3) is 0 Å². The summed E-state index contributed by atoms with van der Waals surface area (Å²) in [4.78, 5) is 0. The zero-order valence-electron chi connectivity index (χ0n) is 13.8. The van der Waals surface area contributed by atoms with E-state index >= 15 is 0 Å². The van der Waals surface area contributed by atoms with Crippen molar-refractivity contribution in [2.75, 3.05) is 6.54 Å². The fourth-order valence-electron chi connectivity index (χ4n) is 3.83. The van der Waals surface area contributed by atoms with Gasteiger partial charge in [0.2, 0.25) is 0 Å². The Hall–Kier alpha value is -0.820. The largest absolute Gasteiger partial charge is 0.314 e. The first-order valence-corrected chi connectivity index (χ1v) is 8.40. The summed E-state index contributed by atoms with van der Waals surface area (Å²) < 4.78 is 0. The SMILES string of the molecule is CCCNC1CCCC(Cc2c(C)cc(C)cc2C)C1. The molecule has 1 fully saturated rings. The highest BCUT2D eigenvalue weighted by molar-refractivity contribution is 5.37. The van der Waals surface area contributed by atoms with Crippen LogP contribution >= 0.6 is 0 Å². The van der Waals surface area contributed by atoms with E-state index in [2.05, 4.69) is 45.1 Å². The average molecular weight is 273 g/mol. The molecule has 2 unspecified atom stereocenters. The number of hydrogen-bond acceptors (Lipinski definition) is 1. The van der Waals surface area contributed by atoms with E-state index in [9.17, 15) is 0 Å². The second-order valence-corrected chi connectivity index (χ2v) is 6.77. The highest BCUT2D eigenvalue weighted by Gasteiger charge is 2.22. The quantitative estimate of drug-likeness (QED) is 0.819. The standard InChI is InChI=1S/C19H31N/c1-5-9-20-18-8-6-7-17(12-18)13-19-15(3)10-14(2)11-16(19)4/h10-11,17-18,20H,5-9,12-13H2,1-4H3. The zero-order chi connectivity index (χ0) is 14.5. The summed E-state index contributed by atoms with van der Waals surface area (Å²) in [5.41, 5.74) is 5.99. The molecule has 1 saturated carbocycles. The molecule has 1 nitrogen and oxygen atoms in total. The molecule has 0 spiro atoms. The van der Waals surface area contributed by atoms with Gasteiger partial charge in [0.05, 0.1) is 0 Å². The third-order valence-corrected chi connectivity index (χ3v) is 4.80. The first-order valence-electron chi connectivity index (χ1n) is 8.40. The van der Waals surface area contributed by atoms with Crippen molar-refractivity contribution in [2.45, 2.75) is 72.3 Å². The highest BCUT2D eigenvalue weighted by Crippen LogP contribution is 2.29. The van der Waals surface area contributed by atoms with E-state index in [1.165, 1.54) is 61.8 Å². The minimum absolute atomic E-state index is 0.764. The zero-order valence-corrected chi connectivity index (χ0v) is 13.8. The molecule has 0 bridgehead atoms. The Kier molecular flexibility index (Phi) is 5.65. The van der Waals surface area contributed by atoms with E-state index < -0.39 is 0 Å². The van der Waals surface area contributed by atoms with Gasteiger partial charge in [-0.1, -0.05) is 37.5 Å². The van der Waals surface area contributed by atoms with Crippen LogP contribution < -0.4 is 5.32 Å². The number of rotatable bonds is 5. The van der Waals surface area contributed by atoms with E-state index in [1.54, 1.807) is 5.56 Å². The van der Waals surface area contributed by atoms with Crippen LogP contribution in [0.4, 0.5) is 0 Å². The summed E-state index contributed by atoms with van der Waals surface area (Å²) in [6.45, 7) is 10.2. The summed E-state index contributed by atoms with van der Waals surface area (Å²) >= 11 is 0. The van der Waals surface area contributed by atoms with Crippen LogP contribution in [0.2, 0.25) is 0 Å². The van der Waals surface area contributed by atoms with Gasteiger partial charge < -0.3 is 5.32 Å². The topological polar surface area (TPSA) is 12.0 Å². The molecule has 0 aliphatic heterocycles. The number of nitrogens with one attached hydrogen (secondary N) is 1. The third-order valence-electron chi connectivity index (χ3n) is 4.80. The molecule has 0 saturated heterocycles. The summed E-state index contributed by atoms with van der Waals surface area (Å²) in [5.74, 6) is 0.873. The first-order chi connectivity index (χ1) is 9.60. The Morgan fingerprint density at radius 1 is 1.10 bits per heavy atom. The molecule has 20 heavy (non-hydrogen) atoms. The van der Waals surface area contributed by atoms with Crippen molar-refractivity contribution in [3.05, 3.63) is 34.4 Å². The lowest BCUT2D eigenvalue weighted by atomic mass is 9.80. The van der Waals surface area contributed by atoms with Gasteiger partial charge in [-0.05, 0) is 75.6 Å². The molecule has 1 aliphatic carbocycles. The minimum Gasteiger partial charge on any atom is -0.314 e. The van der Waals surface area contributed by atoms with Gasteiger partial charge in [-0.3, -0.25) is 0 Å². The fraction of sp³-hybridized carbons (Fsp3) is 0.684. The molecule has 0 amide bonds. The molecule has 2 atom stereocenters. The summed E-state index contributed by atoms with van der Waals surface area (Å²) in [7, 11) is 0. The van der Waals surface area contributed by atoms with Gasteiger partial charge in [0.25, 0.3) is 0 Å². The van der Waals surface area contributed by atoms with Crippen molar-refractivity contribution in [2.24, 2.45) is 5.92 Å². The van der Waals surface area contributed by atoms with E-state index in [0.717, 1.165) is 12.0 Å². The van der Waals surface area contributed by atoms with Crippen LogP contribution in [-0.2, 0) is 6.42 Å². The van der Waals surface area contributed by atoms with Crippen molar-refractivity contribution >= 4 is 0 Å². The fourth-order valence-corrected chi connectivity index (χ4v) is 3.83. The van der Waals surface area contributed by atoms with E-state index in [1.807, 2.05) is 0 Å². The third kappa shape index (κ3) is 4.09. The Morgan fingerprint density at radius 2 is 1.80 bits per heavy atom. The molecular formula is C19H31N. The number of benzene rings is 1. The molecule has 0 heterocycles. The predicted octanol–water partition coefficient (Wildman–Crippen LogP) is 4.71. The molecule has 1 N–H and O–H groups in total. The summed E-state index contributed by atoms with van der Waals surface area (Å²) in [6, 6.07) is 5.45. The highest BCUT2D eigenvalue weighted by atomic mass is 14.9. The van der Waals surface area contributed by atoms with Crippen LogP contribution in [-0.4, -0.2) is 12.6 Å². The molecule has 112 valence electrons. The lowest BCUT2D eigenvalue weighted by Crippen LogP contribution is -2.35. The van der Waals surface area contributed by atoms with Gasteiger partial charge in [-0.25, -0.2) is 0 Å². The molecule has 1 aliphatic rings. The molecule has 1 aromatic carbocycles. The van der Waals surface area contributed by atoms with Crippen molar-refractivity contribution in [1.82, 2.24) is 5.32 Å². The summed E-state index contributed by atoms with van der Waals surface area (Å²) in [5, 5.41) is 3.73. The van der Waals surface area contributed by atoms with E-state index in [4.69, 9.17) is 0 Å². The number of aryl methyl sites for hydroxylation is 3. The molecule has 1 heteroatoms. The Bertz CT molecular complexity index is 412. The second kappa shape index (κ2) is 7.26.